The average Bonchev–Trinajstić information content (AvgIpc) is 2.87. The van der Waals surface area contributed by atoms with Crippen molar-refractivity contribution in [2.24, 2.45) is 0 Å². The molecule has 0 bridgehead atoms. The molecule has 2 aromatic rings. The van der Waals surface area contributed by atoms with Crippen molar-refractivity contribution in [1.82, 2.24) is 0 Å². The van der Waals surface area contributed by atoms with Crippen molar-refractivity contribution in [3.63, 3.8) is 0 Å². The molecule has 3 nitrogen and oxygen atoms in total. The Bertz CT molecular complexity index is 654. The first-order chi connectivity index (χ1) is 10.2. The number of aliphatic hydroxyl groups is 1. The number of aliphatic hydroxyl groups excluding tert-OH is 1. The highest BCUT2D eigenvalue weighted by Gasteiger charge is 2.23. The molecule has 1 aliphatic rings. The molecule has 1 atom stereocenters. The van der Waals surface area contributed by atoms with Gasteiger partial charge in [0.2, 0.25) is 0 Å². The summed E-state index contributed by atoms with van der Waals surface area (Å²) in [4.78, 5) is 0. The van der Waals surface area contributed by atoms with Crippen LogP contribution in [0.5, 0.6) is 11.5 Å². The number of rotatable bonds is 4. The second-order valence-electron chi connectivity index (χ2n) is 5.29. The van der Waals surface area contributed by atoms with Gasteiger partial charge in [-0.15, -0.1) is 0 Å². The topological polar surface area (TPSA) is 38.7 Å². The van der Waals surface area contributed by atoms with E-state index < -0.39 is 5.82 Å². The molecule has 0 radical (unpaired) electrons. The Balaban J connectivity index is 1.62. The molecule has 0 saturated heterocycles. The average molecular weight is 288 g/mol. The number of ether oxygens (including phenoxy) is 2. The number of halogens is 1. The molecule has 2 aromatic carbocycles. The van der Waals surface area contributed by atoms with Gasteiger partial charge in [-0.3, -0.25) is 0 Å². The molecule has 3 rings (SSSR count). The van der Waals surface area contributed by atoms with Crippen LogP contribution in [-0.2, 0) is 13.0 Å². The molecule has 0 spiro atoms. The van der Waals surface area contributed by atoms with Crippen LogP contribution in [0.3, 0.4) is 0 Å². The minimum atomic E-state index is -0.465. The smallest absolute Gasteiger partial charge is 0.165 e. The second-order valence-corrected chi connectivity index (χ2v) is 5.29. The predicted molar refractivity (Wildman–Crippen MR) is 77.1 cm³/mol. The Hall–Kier alpha value is -2.07. The third-order valence-corrected chi connectivity index (χ3v) is 3.56. The molecule has 1 N–H and O–H groups in total. The van der Waals surface area contributed by atoms with Crippen LogP contribution in [0.25, 0.3) is 0 Å². The Morgan fingerprint density at radius 2 is 2.14 bits per heavy atom. The van der Waals surface area contributed by atoms with Crippen LogP contribution in [0, 0.1) is 12.7 Å². The lowest BCUT2D eigenvalue weighted by Gasteiger charge is -2.13. The molecule has 0 saturated carbocycles. The fourth-order valence-electron chi connectivity index (χ4n) is 2.48. The van der Waals surface area contributed by atoms with Gasteiger partial charge < -0.3 is 14.6 Å². The molecule has 1 unspecified atom stereocenters. The van der Waals surface area contributed by atoms with Crippen molar-refractivity contribution < 1.29 is 19.0 Å². The molecule has 110 valence electrons. The Kier molecular flexibility index (Phi) is 3.80. The lowest BCUT2D eigenvalue weighted by molar-refractivity contribution is 0.145. The highest BCUT2D eigenvalue weighted by atomic mass is 19.1. The minimum absolute atomic E-state index is 0.0984. The van der Waals surface area contributed by atoms with Gasteiger partial charge in [-0.05, 0) is 36.2 Å². The van der Waals surface area contributed by atoms with Gasteiger partial charge in [-0.1, -0.05) is 23.8 Å². The van der Waals surface area contributed by atoms with E-state index in [9.17, 15) is 4.39 Å². The molecule has 21 heavy (non-hydrogen) atoms. The standard InChI is InChI=1S/C17H17FO3/c1-11-2-4-16-13(6-11)8-14(21-16)10-20-17-5-3-12(9-19)7-15(17)18/h2-7,14,19H,8-10H2,1H3. The van der Waals surface area contributed by atoms with Crippen molar-refractivity contribution in [2.75, 3.05) is 6.61 Å². The van der Waals surface area contributed by atoms with Crippen LogP contribution < -0.4 is 9.47 Å². The van der Waals surface area contributed by atoms with E-state index in [4.69, 9.17) is 14.6 Å². The summed E-state index contributed by atoms with van der Waals surface area (Å²) in [7, 11) is 0. The molecule has 0 aromatic heterocycles. The van der Waals surface area contributed by atoms with Crippen molar-refractivity contribution in [3.8, 4) is 11.5 Å². The van der Waals surface area contributed by atoms with Crippen LogP contribution in [0.15, 0.2) is 36.4 Å². The summed E-state index contributed by atoms with van der Waals surface area (Å²) in [6.07, 6.45) is 0.673. The first-order valence-corrected chi connectivity index (χ1v) is 6.94. The number of hydrogen-bond donors (Lipinski definition) is 1. The van der Waals surface area contributed by atoms with Gasteiger partial charge in [0, 0.05) is 6.42 Å². The fraction of sp³-hybridized carbons (Fsp3) is 0.294. The summed E-state index contributed by atoms with van der Waals surface area (Å²) in [5.74, 6) is 0.598. The first kappa shape index (κ1) is 13.9. The number of hydrogen-bond acceptors (Lipinski definition) is 3. The zero-order valence-corrected chi connectivity index (χ0v) is 11.8. The van der Waals surface area contributed by atoms with Gasteiger partial charge >= 0.3 is 0 Å². The van der Waals surface area contributed by atoms with Gasteiger partial charge in [0.25, 0.3) is 0 Å². The maximum atomic E-state index is 13.8. The normalized spacial score (nSPS) is 16.4. The van der Waals surface area contributed by atoms with Crippen LogP contribution in [0.1, 0.15) is 16.7 Å². The van der Waals surface area contributed by atoms with E-state index in [1.165, 1.54) is 23.3 Å². The van der Waals surface area contributed by atoms with Crippen LogP contribution >= 0.6 is 0 Å². The Labute approximate surface area is 122 Å². The second kappa shape index (κ2) is 5.74. The maximum absolute atomic E-state index is 13.8. The first-order valence-electron chi connectivity index (χ1n) is 6.94. The van der Waals surface area contributed by atoms with E-state index in [2.05, 4.69) is 6.07 Å². The predicted octanol–water partition coefficient (Wildman–Crippen LogP) is 3.01. The zero-order chi connectivity index (χ0) is 14.8. The lowest BCUT2D eigenvalue weighted by Crippen LogP contribution is -2.22. The molecule has 4 heteroatoms. The van der Waals surface area contributed by atoms with Crippen LogP contribution in [-0.4, -0.2) is 17.8 Å². The summed E-state index contributed by atoms with van der Waals surface area (Å²) in [5.41, 5.74) is 2.89. The quantitative estimate of drug-likeness (QED) is 0.940. The SMILES string of the molecule is Cc1ccc2c(c1)CC(COc1ccc(CO)cc1F)O2. The molecular weight excluding hydrogens is 271 g/mol. The van der Waals surface area contributed by atoms with E-state index in [-0.39, 0.29) is 18.5 Å². The molecule has 0 aliphatic carbocycles. The summed E-state index contributed by atoms with van der Waals surface area (Å²) >= 11 is 0. The van der Waals surface area contributed by atoms with Gasteiger partial charge in [0.1, 0.15) is 18.5 Å². The van der Waals surface area contributed by atoms with Gasteiger partial charge in [0.05, 0.1) is 6.61 Å². The molecule has 1 aliphatic heterocycles. The number of benzene rings is 2. The maximum Gasteiger partial charge on any atom is 0.165 e. The van der Waals surface area contributed by atoms with Gasteiger partial charge in [-0.25, -0.2) is 4.39 Å². The van der Waals surface area contributed by atoms with Gasteiger partial charge in [0.15, 0.2) is 11.6 Å². The van der Waals surface area contributed by atoms with E-state index in [0.29, 0.717) is 12.2 Å². The number of aryl methyl sites for hydroxylation is 1. The van der Waals surface area contributed by atoms with E-state index in [1.54, 1.807) is 6.07 Å². The van der Waals surface area contributed by atoms with Crippen molar-refractivity contribution >= 4 is 0 Å². The fourth-order valence-corrected chi connectivity index (χ4v) is 2.48. The van der Waals surface area contributed by atoms with E-state index >= 15 is 0 Å². The largest absolute Gasteiger partial charge is 0.487 e. The third kappa shape index (κ3) is 3.00. The van der Waals surface area contributed by atoms with Crippen molar-refractivity contribution in [3.05, 3.63) is 58.9 Å². The summed E-state index contributed by atoms with van der Waals surface area (Å²) in [6.45, 7) is 2.16. The van der Waals surface area contributed by atoms with Crippen molar-refractivity contribution in [1.29, 1.82) is 0 Å². The summed E-state index contributed by atoms with van der Waals surface area (Å²) < 4.78 is 25.0. The molecular formula is C17H17FO3. The van der Waals surface area contributed by atoms with Crippen molar-refractivity contribution in [2.45, 2.75) is 26.1 Å². The molecule has 0 amide bonds. The summed E-state index contributed by atoms with van der Waals surface area (Å²) in [5, 5.41) is 8.95. The molecule has 1 heterocycles. The molecule has 0 fully saturated rings. The van der Waals surface area contributed by atoms with Gasteiger partial charge in [-0.2, -0.15) is 0 Å². The Morgan fingerprint density at radius 1 is 1.29 bits per heavy atom. The third-order valence-electron chi connectivity index (χ3n) is 3.56. The highest BCUT2D eigenvalue weighted by molar-refractivity contribution is 5.40. The Morgan fingerprint density at radius 3 is 2.90 bits per heavy atom. The highest BCUT2D eigenvalue weighted by Crippen LogP contribution is 2.30. The van der Waals surface area contributed by atoms with Crippen LogP contribution in [0.2, 0.25) is 0 Å². The monoisotopic (exact) mass is 288 g/mol. The van der Waals surface area contributed by atoms with E-state index in [1.807, 2.05) is 19.1 Å². The van der Waals surface area contributed by atoms with E-state index in [0.717, 1.165) is 12.2 Å². The summed E-state index contributed by atoms with van der Waals surface area (Å²) in [6, 6.07) is 10.5. The lowest BCUT2D eigenvalue weighted by atomic mass is 10.1. The zero-order valence-electron chi connectivity index (χ0n) is 11.8. The number of fused-ring (bicyclic) bond motifs is 1. The minimum Gasteiger partial charge on any atom is -0.487 e. The van der Waals surface area contributed by atoms with Crippen LogP contribution in [0.4, 0.5) is 4.39 Å².